The standard InChI is InChI=1S/C18H14Cl2F3N3O2.C4H8O2/c1-27-13-4-2-3-10(15(13)20)16-11-7-9(19)5-6-12(11)26(14(24)8-28-16)17(25)18(21,22)23;1-3-6-4(2)5/h2-7,16,24-25H,8H2,1H3;3H2,1-2H3/t16-;/m1./s1. The van der Waals surface area contributed by atoms with Gasteiger partial charge >= 0.3 is 12.1 Å². The molecule has 34 heavy (non-hydrogen) atoms. The quantitative estimate of drug-likeness (QED) is 0.294. The van der Waals surface area contributed by atoms with Gasteiger partial charge in [-0.2, -0.15) is 13.2 Å². The molecule has 0 bridgehead atoms. The van der Waals surface area contributed by atoms with Crippen LogP contribution in [0.2, 0.25) is 10.0 Å². The molecule has 2 aromatic carbocycles. The van der Waals surface area contributed by atoms with Gasteiger partial charge in [0.05, 0.1) is 24.4 Å². The summed E-state index contributed by atoms with van der Waals surface area (Å²) < 4.78 is 55.0. The Balaban J connectivity index is 0.000000604. The summed E-state index contributed by atoms with van der Waals surface area (Å²) >= 11 is 12.5. The zero-order chi connectivity index (χ0) is 25.6. The molecule has 1 aliphatic heterocycles. The average Bonchev–Trinajstić information content (AvgIpc) is 2.89. The first kappa shape index (κ1) is 27.4. The third-order valence-corrected chi connectivity index (χ3v) is 5.14. The van der Waals surface area contributed by atoms with E-state index >= 15 is 0 Å². The number of benzene rings is 2. The molecule has 184 valence electrons. The summed E-state index contributed by atoms with van der Waals surface area (Å²) in [6.45, 7) is 3.18. The Morgan fingerprint density at radius 3 is 2.44 bits per heavy atom. The predicted molar refractivity (Wildman–Crippen MR) is 124 cm³/mol. The van der Waals surface area contributed by atoms with Crippen molar-refractivity contribution in [3.8, 4) is 5.75 Å². The molecule has 12 heteroatoms. The zero-order valence-electron chi connectivity index (χ0n) is 18.4. The van der Waals surface area contributed by atoms with E-state index < -0.39 is 30.6 Å². The van der Waals surface area contributed by atoms with E-state index in [9.17, 15) is 18.0 Å². The zero-order valence-corrected chi connectivity index (χ0v) is 19.9. The molecule has 0 unspecified atom stereocenters. The maximum Gasteiger partial charge on any atom is 0.449 e. The molecule has 0 saturated carbocycles. The van der Waals surface area contributed by atoms with Gasteiger partial charge in [-0.05, 0) is 31.2 Å². The van der Waals surface area contributed by atoms with Crippen molar-refractivity contribution >= 4 is 46.5 Å². The second-order valence-corrected chi connectivity index (χ2v) is 7.63. The topological polar surface area (TPSA) is 95.7 Å². The fraction of sp³-hybridized carbons (Fsp3) is 0.318. The van der Waals surface area contributed by atoms with Crippen LogP contribution >= 0.6 is 23.2 Å². The summed E-state index contributed by atoms with van der Waals surface area (Å²) in [5.74, 6) is -2.07. The Hall–Kier alpha value is -2.82. The van der Waals surface area contributed by atoms with Gasteiger partial charge in [0.1, 0.15) is 24.3 Å². The summed E-state index contributed by atoms with van der Waals surface area (Å²) in [7, 11) is 1.44. The molecule has 0 saturated heterocycles. The first-order chi connectivity index (χ1) is 15.9. The Bertz CT molecular complexity index is 1080. The molecule has 1 aliphatic rings. The normalized spacial score (nSPS) is 15.5. The summed E-state index contributed by atoms with van der Waals surface area (Å²) in [6.07, 6.45) is -5.86. The van der Waals surface area contributed by atoms with Gasteiger partial charge in [-0.3, -0.25) is 20.5 Å². The number of fused-ring (bicyclic) bond motifs is 1. The molecule has 0 amide bonds. The monoisotopic (exact) mass is 519 g/mol. The number of hydrogen-bond donors (Lipinski definition) is 2. The number of nitrogens with one attached hydrogen (secondary N) is 2. The number of halogens is 5. The Morgan fingerprint density at radius 1 is 1.24 bits per heavy atom. The van der Waals surface area contributed by atoms with Gasteiger partial charge in [0, 0.05) is 23.1 Å². The van der Waals surface area contributed by atoms with Crippen molar-refractivity contribution in [1.29, 1.82) is 10.8 Å². The number of carbonyl (C=O) groups excluding carboxylic acids is 1. The van der Waals surface area contributed by atoms with Crippen molar-refractivity contribution in [2.45, 2.75) is 26.1 Å². The Morgan fingerprint density at radius 2 is 1.91 bits per heavy atom. The van der Waals surface area contributed by atoms with Crippen LogP contribution in [-0.4, -0.2) is 44.1 Å². The average molecular weight is 520 g/mol. The second-order valence-electron chi connectivity index (χ2n) is 6.81. The minimum Gasteiger partial charge on any atom is -0.495 e. The number of nitrogens with zero attached hydrogens (tertiary/aromatic N) is 1. The number of esters is 1. The van der Waals surface area contributed by atoms with Crippen molar-refractivity contribution in [2.75, 3.05) is 25.2 Å². The van der Waals surface area contributed by atoms with E-state index in [0.717, 1.165) is 0 Å². The maximum absolute atomic E-state index is 13.2. The van der Waals surface area contributed by atoms with Gasteiger partial charge in [0.2, 0.25) is 5.84 Å². The molecular formula is C22H22Cl2F3N3O4. The maximum atomic E-state index is 13.2. The van der Waals surface area contributed by atoms with Crippen LogP contribution in [0, 0.1) is 10.8 Å². The van der Waals surface area contributed by atoms with Crippen LogP contribution in [0.5, 0.6) is 5.75 Å². The lowest BCUT2D eigenvalue weighted by Crippen LogP contribution is -2.45. The number of carbonyl (C=O) groups is 1. The molecule has 0 aromatic heterocycles. The Labute approximate surface area is 204 Å². The molecule has 1 atom stereocenters. The molecule has 0 radical (unpaired) electrons. The third kappa shape index (κ3) is 6.40. The van der Waals surface area contributed by atoms with Gasteiger partial charge in [0.15, 0.2) is 0 Å². The van der Waals surface area contributed by atoms with Crippen LogP contribution in [0.25, 0.3) is 0 Å². The van der Waals surface area contributed by atoms with Crippen LogP contribution in [0.3, 0.4) is 0 Å². The number of methoxy groups -OCH3 is 1. The number of amidine groups is 2. The fourth-order valence-corrected chi connectivity index (χ4v) is 3.61. The van der Waals surface area contributed by atoms with Crippen molar-refractivity contribution in [3.05, 3.63) is 57.6 Å². The summed E-state index contributed by atoms with van der Waals surface area (Å²) in [5, 5.41) is 16.1. The highest BCUT2D eigenvalue weighted by Gasteiger charge is 2.43. The lowest BCUT2D eigenvalue weighted by atomic mass is 9.98. The van der Waals surface area contributed by atoms with Crippen LogP contribution in [-0.2, 0) is 14.3 Å². The van der Waals surface area contributed by atoms with Crippen LogP contribution in [0.15, 0.2) is 36.4 Å². The first-order valence-corrected chi connectivity index (χ1v) is 10.6. The minimum absolute atomic E-state index is 0.0295. The smallest absolute Gasteiger partial charge is 0.449 e. The number of anilines is 1. The van der Waals surface area contributed by atoms with Crippen LogP contribution in [0.4, 0.5) is 18.9 Å². The summed E-state index contributed by atoms with van der Waals surface area (Å²) in [6, 6.07) is 9.10. The van der Waals surface area contributed by atoms with Gasteiger partial charge in [-0.1, -0.05) is 35.3 Å². The molecule has 7 nitrogen and oxygen atoms in total. The number of alkyl halides is 3. The number of ether oxygens (including phenoxy) is 3. The van der Waals surface area contributed by atoms with Gasteiger partial charge < -0.3 is 14.2 Å². The lowest BCUT2D eigenvalue weighted by molar-refractivity contribution is -0.140. The van der Waals surface area contributed by atoms with Crippen molar-refractivity contribution in [3.63, 3.8) is 0 Å². The molecule has 2 aromatic rings. The van der Waals surface area contributed by atoms with E-state index in [4.69, 9.17) is 43.5 Å². The second kappa shape index (κ2) is 11.5. The molecule has 1 heterocycles. The van der Waals surface area contributed by atoms with E-state index in [2.05, 4.69) is 4.74 Å². The highest BCUT2D eigenvalue weighted by Crippen LogP contribution is 2.43. The SMILES string of the molecule is CCOC(C)=O.COc1cccc([C@H]2OCC(=N)N(C(=N)C(F)(F)F)c3ccc(Cl)cc32)c1Cl. The predicted octanol–water partition coefficient (Wildman–Crippen LogP) is 6.01. The summed E-state index contributed by atoms with van der Waals surface area (Å²) in [5.41, 5.74) is 0.662. The van der Waals surface area contributed by atoms with E-state index in [1.165, 1.54) is 32.2 Å². The minimum atomic E-state index is -4.95. The van der Waals surface area contributed by atoms with E-state index in [1.807, 2.05) is 0 Å². The van der Waals surface area contributed by atoms with Crippen LogP contribution < -0.4 is 9.64 Å². The van der Waals surface area contributed by atoms with Crippen LogP contribution in [0.1, 0.15) is 31.1 Å². The van der Waals surface area contributed by atoms with Crippen molar-refractivity contribution in [1.82, 2.24) is 0 Å². The molecule has 0 aliphatic carbocycles. The third-order valence-electron chi connectivity index (χ3n) is 4.50. The number of hydrogen-bond acceptors (Lipinski definition) is 6. The van der Waals surface area contributed by atoms with E-state index in [1.54, 1.807) is 25.1 Å². The molecular weight excluding hydrogens is 498 g/mol. The van der Waals surface area contributed by atoms with Crippen molar-refractivity contribution in [2.24, 2.45) is 0 Å². The van der Waals surface area contributed by atoms with E-state index in [0.29, 0.717) is 22.8 Å². The van der Waals surface area contributed by atoms with E-state index in [-0.39, 0.29) is 27.3 Å². The number of rotatable bonds is 3. The molecule has 3 rings (SSSR count). The molecule has 2 N–H and O–H groups in total. The highest BCUT2D eigenvalue weighted by atomic mass is 35.5. The lowest BCUT2D eigenvalue weighted by Gasteiger charge is -2.26. The van der Waals surface area contributed by atoms with Gasteiger partial charge in [-0.25, -0.2) is 0 Å². The summed E-state index contributed by atoms with van der Waals surface area (Å²) in [4.78, 5) is 10.3. The van der Waals surface area contributed by atoms with Crippen molar-refractivity contribution < 1.29 is 32.2 Å². The Kier molecular flexibility index (Phi) is 9.31. The largest absolute Gasteiger partial charge is 0.495 e. The first-order valence-electron chi connectivity index (χ1n) is 9.82. The van der Waals surface area contributed by atoms with Gasteiger partial charge in [-0.15, -0.1) is 0 Å². The molecule has 0 spiro atoms. The van der Waals surface area contributed by atoms with Gasteiger partial charge in [0.25, 0.3) is 0 Å². The highest BCUT2D eigenvalue weighted by molar-refractivity contribution is 6.33. The fourth-order valence-electron chi connectivity index (χ4n) is 3.13. The molecule has 0 fully saturated rings.